The smallest absolute Gasteiger partial charge is 0.244 e. The summed E-state index contributed by atoms with van der Waals surface area (Å²) in [6.45, 7) is 4.57. The maximum absolute atomic E-state index is 12.5. The first kappa shape index (κ1) is 14.0. The number of halogens is 1. The summed E-state index contributed by atoms with van der Waals surface area (Å²) < 4.78 is 32.7. The van der Waals surface area contributed by atoms with Gasteiger partial charge in [-0.1, -0.05) is 12.1 Å². The molecule has 6 heteroatoms. The van der Waals surface area contributed by atoms with E-state index in [0.29, 0.717) is 22.5 Å². The van der Waals surface area contributed by atoms with Crippen molar-refractivity contribution in [2.45, 2.75) is 31.0 Å². The highest BCUT2D eigenvalue weighted by atomic mass is 79.9. The zero-order valence-corrected chi connectivity index (χ0v) is 12.7. The largest absolute Gasteiger partial charge is 0.373 e. The van der Waals surface area contributed by atoms with E-state index in [1.807, 2.05) is 13.8 Å². The van der Waals surface area contributed by atoms with E-state index in [4.69, 9.17) is 4.74 Å². The minimum atomic E-state index is -3.45. The van der Waals surface area contributed by atoms with Gasteiger partial charge in [0, 0.05) is 17.6 Å². The monoisotopic (exact) mass is 333 g/mol. The Balaban J connectivity index is 2.34. The van der Waals surface area contributed by atoms with Crippen LogP contribution in [0.4, 0.5) is 0 Å². The topological polar surface area (TPSA) is 46.6 Å². The van der Waals surface area contributed by atoms with Gasteiger partial charge >= 0.3 is 0 Å². The van der Waals surface area contributed by atoms with Crippen molar-refractivity contribution in [2.75, 3.05) is 13.1 Å². The molecule has 0 saturated carbocycles. The Morgan fingerprint density at radius 2 is 1.78 bits per heavy atom. The zero-order valence-electron chi connectivity index (χ0n) is 10.3. The average Bonchev–Trinajstić information content (AvgIpc) is 2.28. The Morgan fingerprint density at radius 1 is 1.22 bits per heavy atom. The second-order valence-corrected chi connectivity index (χ2v) is 7.27. The van der Waals surface area contributed by atoms with Gasteiger partial charge in [-0.2, -0.15) is 4.31 Å². The molecule has 1 aliphatic heterocycles. The van der Waals surface area contributed by atoms with E-state index in [1.165, 1.54) is 4.31 Å². The minimum Gasteiger partial charge on any atom is -0.373 e. The first-order valence-electron chi connectivity index (χ1n) is 5.81. The SMILES string of the molecule is C[C@H]1CN(S(=O)(=O)c2ccccc2Br)C[C@H](C)O1. The number of hydrogen-bond acceptors (Lipinski definition) is 3. The van der Waals surface area contributed by atoms with Gasteiger partial charge in [0.2, 0.25) is 10.0 Å². The first-order valence-corrected chi connectivity index (χ1v) is 8.04. The third kappa shape index (κ3) is 2.77. The molecule has 1 aromatic carbocycles. The van der Waals surface area contributed by atoms with Gasteiger partial charge < -0.3 is 4.74 Å². The predicted octanol–water partition coefficient (Wildman–Crippen LogP) is 2.25. The van der Waals surface area contributed by atoms with Crippen LogP contribution in [-0.2, 0) is 14.8 Å². The fourth-order valence-electron chi connectivity index (χ4n) is 2.12. The summed E-state index contributed by atoms with van der Waals surface area (Å²) in [5, 5.41) is 0. The van der Waals surface area contributed by atoms with Gasteiger partial charge in [-0.05, 0) is 41.9 Å². The number of hydrogen-bond donors (Lipinski definition) is 0. The van der Waals surface area contributed by atoms with E-state index in [-0.39, 0.29) is 12.2 Å². The fraction of sp³-hybridized carbons (Fsp3) is 0.500. The normalized spacial score (nSPS) is 26.2. The van der Waals surface area contributed by atoms with E-state index in [9.17, 15) is 8.42 Å². The van der Waals surface area contributed by atoms with E-state index in [2.05, 4.69) is 15.9 Å². The standard InChI is InChI=1S/C12H16BrNO3S/c1-9-7-14(8-10(2)17-9)18(15,16)12-6-4-3-5-11(12)13/h3-6,9-10H,7-8H2,1-2H3/t9-,10-/m0/s1. The maximum atomic E-state index is 12.5. The lowest BCUT2D eigenvalue weighted by molar-refractivity contribution is -0.0440. The zero-order chi connectivity index (χ0) is 13.3. The Kier molecular flexibility index (Phi) is 4.11. The van der Waals surface area contributed by atoms with Crippen LogP contribution in [-0.4, -0.2) is 38.0 Å². The Hall–Kier alpha value is -0.430. The molecule has 2 rings (SSSR count). The van der Waals surface area contributed by atoms with Gasteiger partial charge in [-0.25, -0.2) is 8.42 Å². The molecular formula is C12H16BrNO3S. The molecule has 0 radical (unpaired) electrons. The number of ether oxygens (including phenoxy) is 1. The molecule has 1 heterocycles. The highest BCUT2D eigenvalue weighted by Crippen LogP contribution is 2.26. The van der Waals surface area contributed by atoms with E-state index < -0.39 is 10.0 Å². The number of nitrogens with zero attached hydrogens (tertiary/aromatic N) is 1. The Bertz CT molecular complexity index is 522. The molecular weight excluding hydrogens is 318 g/mol. The second kappa shape index (κ2) is 5.28. The molecule has 1 fully saturated rings. The number of sulfonamides is 1. The van der Waals surface area contributed by atoms with Crippen LogP contribution >= 0.6 is 15.9 Å². The molecule has 0 amide bonds. The Labute approximate surface area is 116 Å². The summed E-state index contributed by atoms with van der Waals surface area (Å²) in [5.74, 6) is 0. The van der Waals surface area contributed by atoms with Crippen LogP contribution < -0.4 is 0 Å². The van der Waals surface area contributed by atoms with E-state index >= 15 is 0 Å². The van der Waals surface area contributed by atoms with Crippen LogP contribution in [0.15, 0.2) is 33.6 Å². The minimum absolute atomic E-state index is 0.0778. The highest BCUT2D eigenvalue weighted by Gasteiger charge is 2.32. The van der Waals surface area contributed by atoms with Crippen LogP contribution in [0.25, 0.3) is 0 Å². The van der Waals surface area contributed by atoms with Crippen molar-refractivity contribution in [1.82, 2.24) is 4.31 Å². The molecule has 0 bridgehead atoms. The van der Waals surface area contributed by atoms with Gasteiger partial charge in [-0.15, -0.1) is 0 Å². The summed E-state index contributed by atoms with van der Waals surface area (Å²) in [6.07, 6.45) is -0.156. The highest BCUT2D eigenvalue weighted by molar-refractivity contribution is 9.10. The third-order valence-corrected chi connectivity index (χ3v) is 5.68. The lowest BCUT2D eigenvalue weighted by atomic mass is 10.3. The van der Waals surface area contributed by atoms with Crippen molar-refractivity contribution in [3.8, 4) is 0 Å². The molecule has 100 valence electrons. The van der Waals surface area contributed by atoms with Crippen molar-refractivity contribution < 1.29 is 13.2 Å². The lowest BCUT2D eigenvalue weighted by Crippen LogP contribution is -2.48. The Morgan fingerprint density at radius 3 is 2.33 bits per heavy atom. The van der Waals surface area contributed by atoms with Crippen LogP contribution in [0.3, 0.4) is 0 Å². The number of benzene rings is 1. The summed E-state index contributed by atoms with van der Waals surface area (Å²) >= 11 is 3.29. The molecule has 0 spiro atoms. The summed E-state index contributed by atoms with van der Waals surface area (Å²) in [5.41, 5.74) is 0. The van der Waals surface area contributed by atoms with Gasteiger partial charge in [0.15, 0.2) is 0 Å². The number of rotatable bonds is 2. The molecule has 1 aliphatic rings. The molecule has 1 saturated heterocycles. The maximum Gasteiger partial charge on any atom is 0.244 e. The van der Waals surface area contributed by atoms with Crippen LogP contribution in [0.2, 0.25) is 0 Å². The summed E-state index contributed by atoms with van der Waals surface area (Å²) in [4.78, 5) is 0.311. The van der Waals surface area contributed by atoms with Gasteiger partial charge in [0.25, 0.3) is 0 Å². The van der Waals surface area contributed by atoms with Crippen molar-refractivity contribution in [2.24, 2.45) is 0 Å². The van der Waals surface area contributed by atoms with E-state index in [1.54, 1.807) is 24.3 Å². The van der Waals surface area contributed by atoms with Crippen molar-refractivity contribution in [3.63, 3.8) is 0 Å². The van der Waals surface area contributed by atoms with Crippen LogP contribution in [0, 0.1) is 0 Å². The summed E-state index contributed by atoms with van der Waals surface area (Å²) in [7, 11) is -3.45. The molecule has 2 atom stereocenters. The van der Waals surface area contributed by atoms with Gasteiger partial charge in [-0.3, -0.25) is 0 Å². The van der Waals surface area contributed by atoms with Crippen molar-refractivity contribution >= 4 is 26.0 Å². The fourth-order valence-corrected chi connectivity index (χ4v) is 4.67. The van der Waals surface area contributed by atoms with Crippen LogP contribution in [0.5, 0.6) is 0 Å². The molecule has 0 aliphatic carbocycles. The third-order valence-electron chi connectivity index (χ3n) is 2.84. The van der Waals surface area contributed by atoms with E-state index in [0.717, 1.165) is 0 Å². The van der Waals surface area contributed by atoms with Crippen molar-refractivity contribution in [3.05, 3.63) is 28.7 Å². The molecule has 0 N–H and O–H groups in total. The number of morpholine rings is 1. The average molecular weight is 334 g/mol. The van der Waals surface area contributed by atoms with Crippen LogP contribution in [0.1, 0.15) is 13.8 Å². The predicted molar refractivity (Wildman–Crippen MR) is 72.9 cm³/mol. The molecule has 4 nitrogen and oxygen atoms in total. The lowest BCUT2D eigenvalue weighted by Gasteiger charge is -2.34. The molecule has 18 heavy (non-hydrogen) atoms. The van der Waals surface area contributed by atoms with Gasteiger partial charge in [0.1, 0.15) is 0 Å². The quantitative estimate of drug-likeness (QED) is 0.833. The molecule has 1 aromatic rings. The van der Waals surface area contributed by atoms with Crippen molar-refractivity contribution in [1.29, 1.82) is 0 Å². The molecule has 0 unspecified atom stereocenters. The van der Waals surface area contributed by atoms with Gasteiger partial charge in [0.05, 0.1) is 17.1 Å². The first-order chi connectivity index (χ1) is 8.41. The molecule has 0 aromatic heterocycles. The second-order valence-electron chi connectivity index (χ2n) is 4.51. The summed E-state index contributed by atoms with van der Waals surface area (Å²) in [6, 6.07) is 6.88.